The molecule has 0 radical (unpaired) electrons. The fraction of sp³-hybridized carbons (Fsp3) is 1.00. The summed E-state index contributed by atoms with van der Waals surface area (Å²) in [4.78, 5) is 0. The highest BCUT2D eigenvalue weighted by Crippen LogP contribution is 2.17. The highest BCUT2D eigenvalue weighted by Gasteiger charge is 2.18. The summed E-state index contributed by atoms with van der Waals surface area (Å²) in [6.07, 6.45) is 5.34. The first-order valence-electron chi connectivity index (χ1n) is 5.11. The fourth-order valence-corrected chi connectivity index (χ4v) is 2.82. The van der Waals surface area contributed by atoms with Crippen molar-refractivity contribution >= 4 is 10.2 Å². The van der Waals surface area contributed by atoms with Gasteiger partial charge < -0.3 is 5.73 Å². The van der Waals surface area contributed by atoms with E-state index in [1.807, 2.05) is 0 Å². The van der Waals surface area contributed by atoms with Crippen molar-refractivity contribution in [2.75, 3.05) is 13.1 Å². The molecule has 1 aliphatic rings. The summed E-state index contributed by atoms with van der Waals surface area (Å²) in [7, 11) is -3.32. The molecule has 0 aliphatic heterocycles. The van der Waals surface area contributed by atoms with Crippen LogP contribution in [0.25, 0.3) is 0 Å². The lowest BCUT2D eigenvalue weighted by Crippen LogP contribution is -2.44. The van der Waals surface area contributed by atoms with Crippen molar-refractivity contribution in [1.82, 2.24) is 9.44 Å². The molecule has 84 valence electrons. The Morgan fingerprint density at radius 3 is 2.43 bits per heavy atom. The zero-order valence-electron chi connectivity index (χ0n) is 8.33. The van der Waals surface area contributed by atoms with Crippen molar-refractivity contribution in [3.63, 3.8) is 0 Å². The smallest absolute Gasteiger partial charge is 0.277 e. The van der Waals surface area contributed by atoms with Crippen molar-refractivity contribution in [2.24, 2.45) is 5.73 Å². The molecule has 1 saturated carbocycles. The second-order valence-corrected chi connectivity index (χ2v) is 5.17. The van der Waals surface area contributed by atoms with Crippen LogP contribution in [0, 0.1) is 0 Å². The van der Waals surface area contributed by atoms with E-state index in [2.05, 4.69) is 9.44 Å². The lowest BCUT2D eigenvalue weighted by molar-refractivity contribution is 0.410. The van der Waals surface area contributed by atoms with Crippen LogP contribution in [-0.2, 0) is 10.2 Å². The summed E-state index contributed by atoms with van der Waals surface area (Å²) >= 11 is 0. The van der Waals surface area contributed by atoms with E-state index in [-0.39, 0.29) is 6.04 Å². The van der Waals surface area contributed by atoms with Gasteiger partial charge in [-0.3, -0.25) is 0 Å². The van der Waals surface area contributed by atoms with Crippen molar-refractivity contribution in [2.45, 2.75) is 38.1 Å². The third kappa shape index (κ3) is 4.36. The highest BCUT2D eigenvalue weighted by molar-refractivity contribution is 7.87. The van der Waals surface area contributed by atoms with Gasteiger partial charge in [-0.15, -0.1) is 0 Å². The second kappa shape index (κ2) is 5.65. The molecule has 1 rings (SSSR count). The fourth-order valence-electron chi connectivity index (χ4n) is 1.67. The quantitative estimate of drug-likeness (QED) is 0.596. The highest BCUT2D eigenvalue weighted by atomic mass is 32.2. The van der Waals surface area contributed by atoms with Crippen LogP contribution in [0.3, 0.4) is 0 Å². The topological polar surface area (TPSA) is 84.2 Å². The third-order valence-electron chi connectivity index (χ3n) is 2.36. The normalized spacial score (nSPS) is 19.8. The lowest BCUT2D eigenvalue weighted by atomic mass is 9.96. The van der Waals surface area contributed by atoms with Gasteiger partial charge in [-0.25, -0.2) is 4.72 Å². The van der Waals surface area contributed by atoms with E-state index in [4.69, 9.17) is 5.73 Å². The minimum atomic E-state index is -3.32. The molecule has 0 aromatic carbocycles. The molecule has 0 unspecified atom stereocenters. The van der Waals surface area contributed by atoms with E-state index in [9.17, 15) is 8.42 Å². The largest absolute Gasteiger partial charge is 0.329 e. The molecule has 4 N–H and O–H groups in total. The number of rotatable bonds is 5. The Bertz CT molecular complexity index is 247. The molecule has 0 spiro atoms. The van der Waals surface area contributed by atoms with Crippen LogP contribution in [-0.4, -0.2) is 27.5 Å². The molecular formula is C8H19N3O2S. The molecule has 0 atom stereocenters. The Labute approximate surface area is 85.6 Å². The summed E-state index contributed by atoms with van der Waals surface area (Å²) in [5.74, 6) is 0. The molecule has 1 aliphatic carbocycles. The molecule has 0 aromatic heterocycles. The van der Waals surface area contributed by atoms with Crippen molar-refractivity contribution in [3.05, 3.63) is 0 Å². The van der Waals surface area contributed by atoms with Gasteiger partial charge in [-0.1, -0.05) is 19.3 Å². The van der Waals surface area contributed by atoms with Gasteiger partial charge in [-0.2, -0.15) is 13.1 Å². The lowest BCUT2D eigenvalue weighted by Gasteiger charge is -2.22. The van der Waals surface area contributed by atoms with Gasteiger partial charge in [0, 0.05) is 19.1 Å². The number of hydrogen-bond acceptors (Lipinski definition) is 3. The van der Waals surface area contributed by atoms with Crippen LogP contribution in [0.2, 0.25) is 0 Å². The van der Waals surface area contributed by atoms with Crippen molar-refractivity contribution < 1.29 is 8.42 Å². The molecule has 0 saturated heterocycles. The summed E-state index contributed by atoms with van der Waals surface area (Å²) < 4.78 is 27.8. The number of hydrogen-bond donors (Lipinski definition) is 3. The monoisotopic (exact) mass is 221 g/mol. The van der Waals surface area contributed by atoms with Crippen LogP contribution in [0.1, 0.15) is 32.1 Å². The zero-order valence-corrected chi connectivity index (χ0v) is 9.15. The van der Waals surface area contributed by atoms with E-state index < -0.39 is 10.2 Å². The van der Waals surface area contributed by atoms with Crippen LogP contribution in [0.4, 0.5) is 0 Å². The maximum absolute atomic E-state index is 11.4. The summed E-state index contributed by atoms with van der Waals surface area (Å²) in [6.45, 7) is 0.619. The van der Waals surface area contributed by atoms with E-state index in [0.717, 1.165) is 25.7 Å². The first kappa shape index (κ1) is 11.9. The van der Waals surface area contributed by atoms with Crippen molar-refractivity contribution in [3.8, 4) is 0 Å². The Kier molecular flexibility index (Phi) is 4.80. The van der Waals surface area contributed by atoms with Crippen LogP contribution in [0.15, 0.2) is 0 Å². The van der Waals surface area contributed by atoms with E-state index in [1.54, 1.807) is 0 Å². The van der Waals surface area contributed by atoms with Gasteiger partial charge in [0.2, 0.25) is 0 Å². The molecule has 0 heterocycles. The molecule has 14 heavy (non-hydrogen) atoms. The molecule has 1 fully saturated rings. The summed E-state index contributed by atoms with van der Waals surface area (Å²) in [5, 5.41) is 0. The standard InChI is InChI=1S/C8H19N3O2S/c9-6-7-10-14(12,13)11-8-4-2-1-3-5-8/h8,10-11H,1-7,9H2. The summed E-state index contributed by atoms with van der Waals surface area (Å²) in [5.41, 5.74) is 5.21. The van der Waals surface area contributed by atoms with Crippen LogP contribution < -0.4 is 15.2 Å². The Balaban J connectivity index is 2.33. The maximum atomic E-state index is 11.4. The molecule has 5 nitrogen and oxygen atoms in total. The predicted octanol–water partition coefficient (Wildman–Crippen LogP) is -0.298. The molecule has 6 heteroatoms. The van der Waals surface area contributed by atoms with Gasteiger partial charge in [-0.05, 0) is 12.8 Å². The van der Waals surface area contributed by atoms with E-state index in [1.165, 1.54) is 6.42 Å². The first-order chi connectivity index (χ1) is 6.64. The average molecular weight is 221 g/mol. The van der Waals surface area contributed by atoms with Gasteiger partial charge in [0.05, 0.1) is 0 Å². The Morgan fingerprint density at radius 1 is 1.21 bits per heavy atom. The Hall–Kier alpha value is -0.170. The number of nitrogens with two attached hydrogens (primary N) is 1. The first-order valence-corrected chi connectivity index (χ1v) is 6.59. The van der Waals surface area contributed by atoms with Gasteiger partial charge >= 0.3 is 0 Å². The van der Waals surface area contributed by atoms with Crippen molar-refractivity contribution in [1.29, 1.82) is 0 Å². The molecule has 0 bridgehead atoms. The predicted molar refractivity (Wildman–Crippen MR) is 56.0 cm³/mol. The van der Waals surface area contributed by atoms with Gasteiger partial charge in [0.15, 0.2) is 0 Å². The molecule has 0 amide bonds. The SMILES string of the molecule is NCCNS(=O)(=O)NC1CCCCC1. The average Bonchev–Trinajstić information content (AvgIpc) is 2.16. The third-order valence-corrected chi connectivity index (χ3v) is 3.59. The van der Waals surface area contributed by atoms with E-state index >= 15 is 0 Å². The zero-order chi connectivity index (χ0) is 10.4. The molecular weight excluding hydrogens is 202 g/mol. The summed E-state index contributed by atoms with van der Waals surface area (Å²) in [6, 6.07) is 0.110. The number of nitrogens with one attached hydrogen (secondary N) is 2. The minimum absolute atomic E-state index is 0.110. The minimum Gasteiger partial charge on any atom is -0.329 e. The second-order valence-electron chi connectivity index (χ2n) is 3.64. The van der Waals surface area contributed by atoms with Gasteiger partial charge in [0.1, 0.15) is 0 Å². The van der Waals surface area contributed by atoms with Gasteiger partial charge in [0.25, 0.3) is 10.2 Å². The van der Waals surface area contributed by atoms with E-state index in [0.29, 0.717) is 13.1 Å². The van der Waals surface area contributed by atoms with Crippen LogP contribution >= 0.6 is 0 Å². The Morgan fingerprint density at radius 2 is 1.86 bits per heavy atom. The maximum Gasteiger partial charge on any atom is 0.277 e. The van der Waals surface area contributed by atoms with Crippen LogP contribution in [0.5, 0.6) is 0 Å². The molecule has 0 aromatic rings.